The van der Waals surface area contributed by atoms with Crippen LogP contribution < -0.4 is 10.6 Å². The van der Waals surface area contributed by atoms with E-state index in [1.54, 1.807) is 0 Å². The quantitative estimate of drug-likeness (QED) is 0.344. The SMILES string of the molecule is CCNC(=NCc1ccccc1CC)NCc1c(CC)noc1CC.I. The van der Waals surface area contributed by atoms with E-state index in [2.05, 4.69) is 67.8 Å². The first-order valence-electron chi connectivity index (χ1n) is 9.28. The lowest BCUT2D eigenvalue weighted by atomic mass is 10.1. The second-order valence-electron chi connectivity index (χ2n) is 5.91. The lowest BCUT2D eigenvalue weighted by Crippen LogP contribution is -2.37. The van der Waals surface area contributed by atoms with E-state index in [4.69, 9.17) is 9.52 Å². The van der Waals surface area contributed by atoms with Crippen LogP contribution in [0.5, 0.6) is 0 Å². The van der Waals surface area contributed by atoms with Gasteiger partial charge < -0.3 is 15.2 Å². The summed E-state index contributed by atoms with van der Waals surface area (Å²) in [6.45, 7) is 10.6. The molecule has 0 unspecified atom stereocenters. The van der Waals surface area contributed by atoms with Crippen molar-refractivity contribution in [1.82, 2.24) is 15.8 Å². The second-order valence-corrected chi connectivity index (χ2v) is 5.91. The van der Waals surface area contributed by atoms with Crippen molar-refractivity contribution in [3.8, 4) is 0 Å². The Bertz CT molecular complexity index is 675. The van der Waals surface area contributed by atoms with Crippen LogP contribution in [-0.2, 0) is 32.4 Å². The number of aliphatic imine (C=N–C) groups is 1. The summed E-state index contributed by atoms with van der Waals surface area (Å²) in [6.07, 6.45) is 2.75. The van der Waals surface area contributed by atoms with Gasteiger partial charge in [-0.1, -0.05) is 50.2 Å². The summed E-state index contributed by atoms with van der Waals surface area (Å²) in [5.41, 5.74) is 4.81. The van der Waals surface area contributed by atoms with Gasteiger partial charge in [-0.05, 0) is 30.9 Å². The largest absolute Gasteiger partial charge is 0.361 e. The topological polar surface area (TPSA) is 62.5 Å². The van der Waals surface area contributed by atoms with Gasteiger partial charge in [-0.3, -0.25) is 0 Å². The van der Waals surface area contributed by atoms with Crippen molar-refractivity contribution < 1.29 is 4.52 Å². The summed E-state index contributed by atoms with van der Waals surface area (Å²) in [7, 11) is 0. The predicted octanol–water partition coefficient (Wildman–Crippen LogP) is 4.24. The summed E-state index contributed by atoms with van der Waals surface area (Å²) in [5.74, 6) is 1.77. The van der Waals surface area contributed by atoms with Gasteiger partial charge in [-0.2, -0.15) is 0 Å². The number of nitrogens with one attached hydrogen (secondary N) is 2. The number of aromatic nitrogens is 1. The van der Waals surface area contributed by atoms with E-state index in [9.17, 15) is 0 Å². The molecular formula is C20H31IN4O. The van der Waals surface area contributed by atoms with Crippen LogP contribution in [0.4, 0.5) is 0 Å². The Hall–Kier alpha value is -1.57. The van der Waals surface area contributed by atoms with Gasteiger partial charge in [0.2, 0.25) is 0 Å². The highest BCUT2D eigenvalue weighted by molar-refractivity contribution is 14.0. The number of hydrogen-bond acceptors (Lipinski definition) is 3. The second kappa shape index (κ2) is 11.9. The summed E-state index contributed by atoms with van der Waals surface area (Å²) >= 11 is 0. The van der Waals surface area contributed by atoms with Crippen molar-refractivity contribution in [1.29, 1.82) is 0 Å². The Kier molecular flexibility index (Phi) is 10.3. The maximum Gasteiger partial charge on any atom is 0.191 e. The fraction of sp³-hybridized carbons (Fsp3) is 0.500. The fourth-order valence-corrected chi connectivity index (χ4v) is 2.87. The van der Waals surface area contributed by atoms with Gasteiger partial charge in [-0.25, -0.2) is 4.99 Å². The molecule has 0 radical (unpaired) electrons. The molecule has 0 spiro atoms. The van der Waals surface area contributed by atoms with Crippen molar-refractivity contribution in [3.05, 3.63) is 52.4 Å². The van der Waals surface area contributed by atoms with Crippen LogP contribution >= 0.6 is 24.0 Å². The van der Waals surface area contributed by atoms with E-state index in [1.807, 2.05) is 0 Å². The Balaban J connectivity index is 0.00000338. The first-order chi connectivity index (χ1) is 12.2. The van der Waals surface area contributed by atoms with Crippen LogP contribution in [0.2, 0.25) is 0 Å². The minimum atomic E-state index is 0. The zero-order valence-corrected chi connectivity index (χ0v) is 18.6. The number of hydrogen-bond donors (Lipinski definition) is 2. The number of guanidine groups is 1. The molecule has 1 aromatic heterocycles. The van der Waals surface area contributed by atoms with Crippen molar-refractivity contribution in [2.24, 2.45) is 4.99 Å². The lowest BCUT2D eigenvalue weighted by Gasteiger charge is -2.12. The van der Waals surface area contributed by atoms with Crippen molar-refractivity contribution >= 4 is 29.9 Å². The molecule has 0 fully saturated rings. The highest BCUT2D eigenvalue weighted by Gasteiger charge is 2.13. The first kappa shape index (κ1) is 22.5. The molecule has 2 N–H and O–H groups in total. The van der Waals surface area contributed by atoms with Crippen molar-refractivity contribution in [2.75, 3.05) is 6.54 Å². The molecule has 5 nitrogen and oxygen atoms in total. The van der Waals surface area contributed by atoms with E-state index < -0.39 is 0 Å². The average molecular weight is 470 g/mol. The zero-order valence-electron chi connectivity index (χ0n) is 16.3. The minimum absolute atomic E-state index is 0. The molecule has 0 aliphatic carbocycles. The van der Waals surface area contributed by atoms with Gasteiger partial charge in [0.15, 0.2) is 5.96 Å². The summed E-state index contributed by atoms with van der Waals surface area (Å²) in [4.78, 5) is 4.75. The van der Waals surface area contributed by atoms with Gasteiger partial charge >= 0.3 is 0 Å². The number of nitrogens with zero attached hydrogens (tertiary/aromatic N) is 2. The Morgan fingerprint density at radius 3 is 2.35 bits per heavy atom. The number of aryl methyl sites for hydroxylation is 3. The minimum Gasteiger partial charge on any atom is -0.361 e. The molecule has 0 bridgehead atoms. The van der Waals surface area contributed by atoms with E-state index in [-0.39, 0.29) is 24.0 Å². The Morgan fingerprint density at radius 1 is 1.00 bits per heavy atom. The molecule has 1 heterocycles. The summed E-state index contributed by atoms with van der Waals surface area (Å²) < 4.78 is 5.44. The van der Waals surface area contributed by atoms with Crippen LogP contribution in [-0.4, -0.2) is 17.7 Å². The van der Waals surface area contributed by atoms with Gasteiger partial charge in [-0.15, -0.1) is 24.0 Å². The third-order valence-electron chi connectivity index (χ3n) is 4.29. The molecule has 0 amide bonds. The third-order valence-corrected chi connectivity index (χ3v) is 4.29. The number of benzene rings is 1. The molecule has 6 heteroatoms. The standard InChI is InChI=1S/C20H30N4O.HI/c1-5-15-11-9-10-12-16(15)13-22-20(21-8-4)23-14-17-18(6-2)24-25-19(17)7-3;/h9-12H,5-8,13-14H2,1-4H3,(H2,21,22,23);1H. The third kappa shape index (κ3) is 6.00. The van der Waals surface area contributed by atoms with E-state index in [1.165, 1.54) is 11.1 Å². The van der Waals surface area contributed by atoms with E-state index >= 15 is 0 Å². The van der Waals surface area contributed by atoms with Crippen molar-refractivity contribution in [3.63, 3.8) is 0 Å². The predicted molar refractivity (Wildman–Crippen MR) is 118 cm³/mol. The van der Waals surface area contributed by atoms with Crippen LogP contribution in [0.3, 0.4) is 0 Å². The van der Waals surface area contributed by atoms with Gasteiger partial charge in [0.25, 0.3) is 0 Å². The van der Waals surface area contributed by atoms with Crippen LogP contribution in [0.15, 0.2) is 33.8 Å². The highest BCUT2D eigenvalue weighted by atomic mass is 127. The molecular weight excluding hydrogens is 439 g/mol. The van der Waals surface area contributed by atoms with Gasteiger partial charge in [0.05, 0.1) is 12.2 Å². The normalized spacial score (nSPS) is 11.2. The number of halogens is 1. The molecule has 2 rings (SSSR count). The molecule has 0 aliphatic rings. The molecule has 144 valence electrons. The molecule has 0 saturated carbocycles. The van der Waals surface area contributed by atoms with Crippen LogP contribution in [0.1, 0.15) is 55.8 Å². The molecule has 26 heavy (non-hydrogen) atoms. The monoisotopic (exact) mass is 470 g/mol. The fourth-order valence-electron chi connectivity index (χ4n) is 2.87. The van der Waals surface area contributed by atoms with E-state index in [0.29, 0.717) is 13.1 Å². The first-order valence-corrected chi connectivity index (χ1v) is 9.28. The highest BCUT2D eigenvalue weighted by Crippen LogP contribution is 2.15. The summed E-state index contributed by atoms with van der Waals surface area (Å²) in [6, 6.07) is 8.47. The maximum absolute atomic E-state index is 5.44. The average Bonchev–Trinajstić information content (AvgIpc) is 3.06. The Morgan fingerprint density at radius 2 is 1.73 bits per heavy atom. The van der Waals surface area contributed by atoms with E-state index in [0.717, 1.165) is 48.8 Å². The molecule has 0 aliphatic heterocycles. The van der Waals surface area contributed by atoms with Crippen LogP contribution in [0, 0.1) is 0 Å². The molecule has 1 aromatic carbocycles. The number of rotatable bonds is 8. The summed E-state index contributed by atoms with van der Waals surface area (Å²) in [5, 5.41) is 10.9. The molecule has 2 aromatic rings. The Labute approximate surface area is 174 Å². The molecule has 0 saturated heterocycles. The van der Waals surface area contributed by atoms with Gasteiger partial charge in [0, 0.05) is 25.1 Å². The smallest absolute Gasteiger partial charge is 0.191 e. The lowest BCUT2D eigenvalue weighted by molar-refractivity contribution is 0.380. The maximum atomic E-state index is 5.44. The van der Waals surface area contributed by atoms with Crippen LogP contribution in [0.25, 0.3) is 0 Å². The zero-order chi connectivity index (χ0) is 18.1. The van der Waals surface area contributed by atoms with Gasteiger partial charge in [0.1, 0.15) is 5.76 Å². The van der Waals surface area contributed by atoms with Crippen molar-refractivity contribution in [2.45, 2.75) is 60.0 Å². The molecule has 0 atom stereocenters.